The Balaban J connectivity index is 1.47. The first-order valence-corrected chi connectivity index (χ1v) is 7.93. The van der Waals surface area contributed by atoms with Gasteiger partial charge in [0.1, 0.15) is 0 Å². The van der Waals surface area contributed by atoms with Gasteiger partial charge in [0.2, 0.25) is 0 Å². The summed E-state index contributed by atoms with van der Waals surface area (Å²) in [5, 5.41) is 0. The highest BCUT2D eigenvalue weighted by Crippen LogP contribution is 2.59. The smallest absolute Gasteiger partial charge is 0.0284 e. The molecule has 4 rings (SSSR count). The first kappa shape index (κ1) is 11.9. The second kappa shape index (κ2) is 4.60. The average molecular weight is 256 g/mol. The van der Waals surface area contributed by atoms with E-state index in [0.717, 1.165) is 24.2 Å². The van der Waals surface area contributed by atoms with E-state index in [-0.39, 0.29) is 0 Å². The molecule has 2 nitrogen and oxygen atoms in total. The van der Waals surface area contributed by atoms with Gasteiger partial charge >= 0.3 is 0 Å². The zero-order valence-corrected chi connectivity index (χ0v) is 11.6. The molecule has 0 radical (unpaired) electrons. The monoisotopic (exact) mass is 256 g/mol. The van der Waals surface area contributed by atoms with E-state index < -0.39 is 0 Å². The molecule has 0 spiro atoms. The fourth-order valence-electron chi connectivity index (χ4n) is 4.79. The van der Waals surface area contributed by atoms with E-state index in [9.17, 15) is 0 Å². The van der Waals surface area contributed by atoms with Gasteiger partial charge in [-0.1, -0.05) is 24.6 Å². The normalized spacial score (nSPS) is 33.0. The lowest BCUT2D eigenvalue weighted by atomic mass is 9.96. The van der Waals surface area contributed by atoms with Crippen LogP contribution < -0.4 is 11.3 Å². The molecule has 3 aliphatic carbocycles. The molecule has 0 aliphatic heterocycles. The van der Waals surface area contributed by atoms with Gasteiger partial charge in [-0.2, -0.15) is 0 Å². The first-order valence-electron chi connectivity index (χ1n) is 7.93. The summed E-state index contributed by atoms with van der Waals surface area (Å²) >= 11 is 0. The SMILES string of the molecule is NNC(Cc1ccc2c(c1)CCC2)C1C2CCCC21. The van der Waals surface area contributed by atoms with Crippen LogP contribution in [0.4, 0.5) is 0 Å². The molecular weight excluding hydrogens is 232 g/mol. The minimum atomic E-state index is 0.495. The second-order valence-corrected chi connectivity index (χ2v) is 6.77. The molecule has 0 bridgehead atoms. The molecule has 3 atom stereocenters. The van der Waals surface area contributed by atoms with Crippen molar-refractivity contribution in [3.63, 3.8) is 0 Å². The molecule has 0 amide bonds. The van der Waals surface area contributed by atoms with E-state index in [1.54, 1.807) is 11.1 Å². The van der Waals surface area contributed by atoms with Crippen molar-refractivity contribution in [3.8, 4) is 0 Å². The Morgan fingerprint density at radius 1 is 1.11 bits per heavy atom. The van der Waals surface area contributed by atoms with Crippen molar-refractivity contribution in [2.75, 3.05) is 0 Å². The van der Waals surface area contributed by atoms with Gasteiger partial charge in [-0.15, -0.1) is 0 Å². The maximum atomic E-state index is 5.83. The van der Waals surface area contributed by atoms with Crippen LogP contribution >= 0.6 is 0 Å². The van der Waals surface area contributed by atoms with Gasteiger partial charge in [0.15, 0.2) is 0 Å². The minimum Gasteiger partial charge on any atom is -0.271 e. The van der Waals surface area contributed by atoms with Gasteiger partial charge in [0.05, 0.1) is 0 Å². The second-order valence-electron chi connectivity index (χ2n) is 6.77. The Kier molecular flexibility index (Phi) is 2.89. The van der Waals surface area contributed by atoms with E-state index in [2.05, 4.69) is 23.6 Å². The largest absolute Gasteiger partial charge is 0.271 e. The molecule has 0 heterocycles. The highest BCUT2D eigenvalue weighted by atomic mass is 15.2. The van der Waals surface area contributed by atoms with E-state index >= 15 is 0 Å². The number of hydrogen-bond acceptors (Lipinski definition) is 2. The number of rotatable bonds is 4. The molecule has 3 unspecified atom stereocenters. The summed E-state index contributed by atoms with van der Waals surface area (Å²) < 4.78 is 0. The van der Waals surface area contributed by atoms with Crippen LogP contribution in [0.2, 0.25) is 0 Å². The zero-order chi connectivity index (χ0) is 12.8. The summed E-state index contributed by atoms with van der Waals surface area (Å²) in [4.78, 5) is 0. The van der Waals surface area contributed by atoms with Crippen LogP contribution in [0.25, 0.3) is 0 Å². The van der Waals surface area contributed by atoms with E-state index in [1.807, 2.05) is 0 Å². The highest BCUT2D eigenvalue weighted by Gasteiger charge is 2.55. The average Bonchev–Trinajstić information content (AvgIpc) is 2.86. The van der Waals surface area contributed by atoms with Crippen molar-refractivity contribution in [1.82, 2.24) is 5.43 Å². The predicted molar refractivity (Wildman–Crippen MR) is 77.6 cm³/mol. The predicted octanol–water partition coefficient (Wildman–Crippen LogP) is 2.60. The van der Waals surface area contributed by atoms with Crippen molar-refractivity contribution in [2.45, 2.75) is 51.0 Å². The van der Waals surface area contributed by atoms with E-state index in [4.69, 9.17) is 5.84 Å². The molecular formula is C17H24N2. The Morgan fingerprint density at radius 3 is 2.68 bits per heavy atom. The Morgan fingerprint density at radius 2 is 1.89 bits per heavy atom. The van der Waals surface area contributed by atoms with Crippen molar-refractivity contribution in [3.05, 3.63) is 34.9 Å². The van der Waals surface area contributed by atoms with Crippen LogP contribution in [0.15, 0.2) is 18.2 Å². The van der Waals surface area contributed by atoms with Gasteiger partial charge < -0.3 is 0 Å². The molecule has 19 heavy (non-hydrogen) atoms. The lowest BCUT2D eigenvalue weighted by Gasteiger charge is -2.18. The van der Waals surface area contributed by atoms with Crippen LogP contribution in [-0.2, 0) is 19.3 Å². The number of nitrogens with two attached hydrogens (primary N) is 1. The molecule has 2 saturated carbocycles. The third-order valence-electron chi connectivity index (χ3n) is 5.77. The zero-order valence-electron chi connectivity index (χ0n) is 11.6. The Bertz CT molecular complexity index is 472. The molecule has 3 N–H and O–H groups in total. The third kappa shape index (κ3) is 2.02. The summed E-state index contributed by atoms with van der Waals surface area (Å²) in [5.74, 6) is 8.65. The number of nitrogens with one attached hydrogen (secondary N) is 1. The maximum Gasteiger partial charge on any atom is 0.0284 e. The van der Waals surface area contributed by atoms with Gasteiger partial charge in [0.25, 0.3) is 0 Å². The standard InChI is InChI=1S/C17H24N2/c18-19-16(17-14-5-2-6-15(14)17)10-11-7-8-12-3-1-4-13(12)9-11/h7-9,14-17,19H,1-6,10,18H2. The molecule has 1 aromatic rings. The number of benzene rings is 1. The fraction of sp³-hybridized carbons (Fsp3) is 0.647. The van der Waals surface area contributed by atoms with Crippen molar-refractivity contribution in [1.29, 1.82) is 0 Å². The van der Waals surface area contributed by atoms with E-state index in [0.29, 0.717) is 6.04 Å². The lowest BCUT2D eigenvalue weighted by molar-refractivity contribution is 0.410. The summed E-state index contributed by atoms with van der Waals surface area (Å²) in [5.41, 5.74) is 7.75. The molecule has 2 heteroatoms. The van der Waals surface area contributed by atoms with Gasteiger partial charge in [0, 0.05) is 6.04 Å². The van der Waals surface area contributed by atoms with Crippen LogP contribution in [0.5, 0.6) is 0 Å². The topological polar surface area (TPSA) is 38.0 Å². The van der Waals surface area contributed by atoms with Crippen molar-refractivity contribution in [2.24, 2.45) is 23.6 Å². The Labute approximate surface area is 115 Å². The van der Waals surface area contributed by atoms with Gasteiger partial charge in [-0.25, -0.2) is 0 Å². The number of fused-ring (bicyclic) bond motifs is 2. The van der Waals surface area contributed by atoms with Gasteiger partial charge in [-0.3, -0.25) is 11.3 Å². The van der Waals surface area contributed by atoms with Crippen molar-refractivity contribution >= 4 is 0 Å². The molecule has 3 aliphatic rings. The van der Waals surface area contributed by atoms with Gasteiger partial charge in [-0.05, 0) is 73.0 Å². The summed E-state index contributed by atoms with van der Waals surface area (Å²) in [7, 11) is 0. The van der Waals surface area contributed by atoms with Crippen LogP contribution in [0, 0.1) is 17.8 Å². The maximum absolute atomic E-state index is 5.83. The number of hydrogen-bond donors (Lipinski definition) is 2. The molecule has 102 valence electrons. The molecule has 2 fully saturated rings. The number of aryl methyl sites for hydroxylation is 2. The molecule has 0 aromatic heterocycles. The summed E-state index contributed by atoms with van der Waals surface area (Å²) in [6, 6.07) is 7.60. The fourth-order valence-corrected chi connectivity index (χ4v) is 4.79. The lowest BCUT2D eigenvalue weighted by Crippen LogP contribution is -2.39. The van der Waals surface area contributed by atoms with E-state index in [1.165, 1.54) is 44.1 Å². The van der Waals surface area contributed by atoms with Crippen LogP contribution in [0.1, 0.15) is 42.4 Å². The van der Waals surface area contributed by atoms with Crippen LogP contribution in [0.3, 0.4) is 0 Å². The molecule has 0 saturated heterocycles. The Hall–Kier alpha value is -0.860. The minimum absolute atomic E-state index is 0.495. The summed E-state index contributed by atoms with van der Waals surface area (Å²) in [6.45, 7) is 0. The third-order valence-corrected chi connectivity index (χ3v) is 5.77. The first-order chi connectivity index (χ1) is 9.36. The van der Waals surface area contributed by atoms with Crippen LogP contribution in [-0.4, -0.2) is 6.04 Å². The summed E-state index contributed by atoms with van der Waals surface area (Å²) in [6.07, 6.45) is 9.34. The highest BCUT2D eigenvalue weighted by molar-refractivity contribution is 5.35. The quantitative estimate of drug-likeness (QED) is 0.642. The molecule has 1 aromatic carbocycles. The van der Waals surface area contributed by atoms with Crippen molar-refractivity contribution < 1.29 is 0 Å². The number of hydrazine groups is 1.